The molecule has 0 radical (unpaired) electrons. The number of aryl methyl sites for hydroxylation is 1. The van der Waals surface area contributed by atoms with E-state index in [1.54, 1.807) is 36.7 Å². The highest BCUT2D eigenvalue weighted by Crippen LogP contribution is 2.29. The molecule has 0 fully saturated rings. The van der Waals surface area contributed by atoms with Gasteiger partial charge in [-0.2, -0.15) is 0 Å². The predicted molar refractivity (Wildman–Crippen MR) is 85.4 cm³/mol. The number of rotatable bonds is 4. The summed E-state index contributed by atoms with van der Waals surface area (Å²) in [6.45, 7) is 1.63. The van der Waals surface area contributed by atoms with Crippen molar-refractivity contribution >= 4 is 48.6 Å². The normalized spacial score (nSPS) is 11.9. The van der Waals surface area contributed by atoms with E-state index in [9.17, 15) is 13.5 Å². The lowest BCUT2D eigenvalue weighted by Gasteiger charge is -2.05. The molecule has 21 heavy (non-hydrogen) atoms. The summed E-state index contributed by atoms with van der Waals surface area (Å²) in [7, 11) is -3.64. The first kappa shape index (κ1) is 14.5. The first-order valence-electron chi connectivity index (χ1n) is 6.06. The van der Waals surface area contributed by atoms with E-state index < -0.39 is 10.0 Å². The van der Waals surface area contributed by atoms with Gasteiger partial charge in [-0.3, -0.25) is 4.72 Å². The number of sulfonamides is 1. The Morgan fingerprint density at radius 1 is 1.33 bits per heavy atom. The number of thiazole rings is 1. The van der Waals surface area contributed by atoms with Gasteiger partial charge in [-0.15, -0.1) is 22.7 Å². The number of aliphatic hydroxyl groups is 1. The first-order valence-corrected chi connectivity index (χ1v) is 9.24. The zero-order chi connectivity index (χ0) is 15.0. The largest absolute Gasteiger partial charge is 0.391 e. The minimum atomic E-state index is -3.64. The molecule has 2 N–H and O–H groups in total. The number of fused-ring (bicyclic) bond motifs is 1. The van der Waals surface area contributed by atoms with Crippen LogP contribution in [0.1, 0.15) is 10.4 Å². The van der Waals surface area contributed by atoms with E-state index in [4.69, 9.17) is 0 Å². The summed E-state index contributed by atoms with van der Waals surface area (Å²) in [5.41, 5.74) is 3.85. The molecule has 0 aliphatic carbocycles. The van der Waals surface area contributed by atoms with Crippen molar-refractivity contribution in [1.82, 2.24) is 4.98 Å². The Bertz CT molecular complexity index is 896. The molecule has 110 valence electrons. The zero-order valence-corrected chi connectivity index (χ0v) is 13.5. The molecule has 0 unspecified atom stereocenters. The lowest BCUT2D eigenvalue weighted by molar-refractivity contribution is 0.285. The number of nitrogens with one attached hydrogen (secondary N) is 1. The molecule has 0 amide bonds. The lowest BCUT2D eigenvalue weighted by atomic mass is 10.3. The average molecular weight is 340 g/mol. The molecule has 0 spiro atoms. The molecular weight excluding hydrogens is 328 g/mol. The highest BCUT2D eigenvalue weighted by atomic mass is 32.2. The fraction of sp³-hybridized carbons (Fsp3) is 0.154. The van der Waals surface area contributed by atoms with Crippen LogP contribution in [-0.2, 0) is 16.6 Å². The van der Waals surface area contributed by atoms with Crippen LogP contribution >= 0.6 is 22.7 Å². The molecule has 0 aliphatic heterocycles. The smallest absolute Gasteiger partial charge is 0.271 e. The standard InChI is InChI=1S/C13H12N2O3S3/c1-8-4-13(20-12(8)6-16)21(17,18)15-9-2-3-10-11(5-9)19-7-14-10/h2-5,7,15-16H,6H2,1H3. The van der Waals surface area contributed by atoms with Crippen LogP contribution in [-0.4, -0.2) is 18.5 Å². The van der Waals surface area contributed by atoms with Gasteiger partial charge in [-0.25, -0.2) is 13.4 Å². The van der Waals surface area contributed by atoms with Crippen molar-refractivity contribution in [2.75, 3.05) is 4.72 Å². The van der Waals surface area contributed by atoms with Crippen molar-refractivity contribution < 1.29 is 13.5 Å². The molecule has 8 heteroatoms. The van der Waals surface area contributed by atoms with Gasteiger partial charge in [0.1, 0.15) is 4.21 Å². The molecule has 0 saturated carbocycles. The van der Waals surface area contributed by atoms with Gasteiger partial charge in [0, 0.05) is 4.88 Å². The summed E-state index contributed by atoms with van der Waals surface area (Å²) in [6, 6.07) is 6.80. The van der Waals surface area contributed by atoms with Crippen LogP contribution in [0.15, 0.2) is 34.0 Å². The Kier molecular flexibility index (Phi) is 3.70. The number of nitrogens with zero attached hydrogens (tertiary/aromatic N) is 1. The van der Waals surface area contributed by atoms with E-state index in [2.05, 4.69) is 9.71 Å². The van der Waals surface area contributed by atoms with Crippen LogP contribution in [0, 0.1) is 6.92 Å². The maximum absolute atomic E-state index is 12.4. The highest BCUT2D eigenvalue weighted by molar-refractivity contribution is 7.94. The minimum Gasteiger partial charge on any atom is -0.391 e. The van der Waals surface area contributed by atoms with E-state index in [0.29, 0.717) is 10.6 Å². The molecular formula is C13H12N2O3S3. The average Bonchev–Trinajstić information content (AvgIpc) is 3.04. The van der Waals surface area contributed by atoms with Gasteiger partial charge < -0.3 is 5.11 Å². The Morgan fingerprint density at radius 2 is 2.14 bits per heavy atom. The van der Waals surface area contributed by atoms with Crippen molar-refractivity contribution in [1.29, 1.82) is 0 Å². The van der Waals surface area contributed by atoms with Gasteiger partial charge >= 0.3 is 0 Å². The summed E-state index contributed by atoms with van der Waals surface area (Å²) in [5.74, 6) is 0. The van der Waals surface area contributed by atoms with Crippen molar-refractivity contribution in [3.63, 3.8) is 0 Å². The number of thiophene rings is 1. The number of hydrogen-bond donors (Lipinski definition) is 2. The third-order valence-corrected chi connectivity index (χ3v) is 6.86. The fourth-order valence-electron chi connectivity index (χ4n) is 1.90. The predicted octanol–water partition coefficient (Wildman–Crippen LogP) is 2.96. The van der Waals surface area contributed by atoms with Gasteiger partial charge in [0.05, 0.1) is 28.0 Å². The Labute approximate surface area is 130 Å². The highest BCUT2D eigenvalue weighted by Gasteiger charge is 2.19. The molecule has 0 atom stereocenters. The summed E-state index contributed by atoms with van der Waals surface area (Å²) < 4.78 is 28.4. The van der Waals surface area contributed by atoms with Crippen LogP contribution in [0.4, 0.5) is 5.69 Å². The number of aromatic nitrogens is 1. The number of anilines is 1. The van der Waals surface area contributed by atoms with E-state index in [1.807, 2.05) is 0 Å². The molecule has 2 heterocycles. The molecule has 0 saturated heterocycles. The maximum Gasteiger partial charge on any atom is 0.271 e. The summed E-state index contributed by atoms with van der Waals surface area (Å²) in [6.07, 6.45) is 0. The second-order valence-corrected chi connectivity index (χ2v) is 8.40. The second-order valence-electron chi connectivity index (χ2n) is 4.47. The minimum absolute atomic E-state index is 0.154. The molecule has 1 aromatic carbocycles. The Balaban J connectivity index is 1.94. The van der Waals surface area contributed by atoms with Crippen LogP contribution in [0.5, 0.6) is 0 Å². The van der Waals surface area contributed by atoms with E-state index >= 15 is 0 Å². The van der Waals surface area contributed by atoms with Crippen LogP contribution in [0.2, 0.25) is 0 Å². The molecule has 3 aromatic rings. The van der Waals surface area contributed by atoms with E-state index in [-0.39, 0.29) is 10.8 Å². The maximum atomic E-state index is 12.4. The monoisotopic (exact) mass is 340 g/mol. The second kappa shape index (κ2) is 5.38. The quantitative estimate of drug-likeness (QED) is 0.765. The lowest BCUT2D eigenvalue weighted by Crippen LogP contribution is -2.11. The summed E-state index contributed by atoms with van der Waals surface area (Å²) in [5, 5.41) is 9.17. The third-order valence-electron chi connectivity index (χ3n) is 2.99. The van der Waals surface area contributed by atoms with Crippen molar-refractivity contribution in [3.05, 3.63) is 40.2 Å². The van der Waals surface area contributed by atoms with Gasteiger partial charge in [-0.1, -0.05) is 0 Å². The molecule has 0 bridgehead atoms. The van der Waals surface area contributed by atoms with E-state index in [0.717, 1.165) is 27.1 Å². The van der Waals surface area contributed by atoms with Gasteiger partial charge in [0.15, 0.2) is 0 Å². The third kappa shape index (κ3) is 2.80. The van der Waals surface area contributed by atoms with Gasteiger partial charge in [0.2, 0.25) is 0 Å². The van der Waals surface area contributed by atoms with Crippen molar-refractivity contribution in [3.8, 4) is 0 Å². The topological polar surface area (TPSA) is 79.3 Å². The van der Waals surface area contributed by atoms with Gasteiger partial charge in [0.25, 0.3) is 10.0 Å². The molecule has 2 aromatic heterocycles. The fourth-order valence-corrected chi connectivity index (χ4v) is 5.12. The SMILES string of the molecule is Cc1cc(S(=O)(=O)Nc2ccc3ncsc3c2)sc1CO. The van der Waals surface area contributed by atoms with Gasteiger partial charge in [-0.05, 0) is 36.8 Å². The molecule has 0 aliphatic rings. The van der Waals surface area contributed by atoms with Crippen molar-refractivity contribution in [2.24, 2.45) is 0 Å². The Morgan fingerprint density at radius 3 is 2.86 bits per heavy atom. The molecule has 3 rings (SSSR count). The van der Waals surface area contributed by atoms with Crippen LogP contribution in [0.25, 0.3) is 10.2 Å². The number of aliphatic hydroxyl groups excluding tert-OH is 1. The zero-order valence-electron chi connectivity index (χ0n) is 11.0. The van der Waals surface area contributed by atoms with Crippen molar-refractivity contribution in [2.45, 2.75) is 17.7 Å². The summed E-state index contributed by atoms with van der Waals surface area (Å²) >= 11 is 2.54. The van der Waals surface area contributed by atoms with Crippen LogP contribution in [0.3, 0.4) is 0 Å². The Hall–Kier alpha value is -1.48. The summed E-state index contributed by atoms with van der Waals surface area (Å²) in [4.78, 5) is 4.82. The first-order chi connectivity index (χ1) is 9.99. The molecule has 5 nitrogen and oxygen atoms in total. The van der Waals surface area contributed by atoms with E-state index in [1.165, 1.54) is 11.3 Å². The number of benzene rings is 1. The number of hydrogen-bond acceptors (Lipinski definition) is 6. The van der Waals surface area contributed by atoms with Crippen LogP contribution < -0.4 is 4.72 Å².